The molecule has 0 bridgehead atoms. The third-order valence-electron chi connectivity index (χ3n) is 8.22. The predicted octanol–water partition coefficient (Wildman–Crippen LogP) is 7.81. The zero-order chi connectivity index (χ0) is 23.3. The second-order valence-corrected chi connectivity index (χ2v) is 10.6. The van der Waals surface area contributed by atoms with Crippen LogP contribution in [0, 0.1) is 17.8 Å². The molecule has 3 heteroatoms. The van der Waals surface area contributed by atoms with Crippen molar-refractivity contribution in [3.63, 3.8) is 0 Å². The van der Waals surface area contributed by atoms with Gasteiger partial charge in [-0.3, -0.25) is 4.79 Å². The molecule has 0 saturated heterocycles. The maximum atomic E-state index is 11.2. The van der Waals surface area contributed by atoms with Crippen LogP contribution >= 0.6 is 0 Å². The fourth-order valence-electron chi connectivity index (χ4n) is 6.00. The maximum Gasteiger partial charge on any atom is 0.243 e. The van der Waals surface area contributed by atoms with E-state index in [1.165, 1.54) is 102 Å². The van der Waals surface area contributed by atoms with Gasteiger partial charge in [-0.2, -0.15) is 0 Å². The van der Waals surface area contributed by atoms with Crippen LogP contribution in [0.4, 0.5) is 0 Å². The van der Waals surface area contributed by atoms with Crippen LogP contribution < -0.4 is 10.1 Å². The van der Waals surface area contributed by atoms with Crippen LogP contribution in [0.2, 0.25) is 0 Å². The van der Waals surface area contributed by atoms with Gasteiger partial charge in [0.1, 0.15) is 12.4 Å². The molecule has 0 atom stereocenters. The van der Waals surface area contributed by atoms with E-state index in [1.807, 2.05) is 0 Å². The summed E-state index contributed by atoms with van der Waals surface area (Å²) in [5, 5.41) is 2.73. The largest absolute Gasteiger partial charge is 0.492 e. The van der Waals surface area contributed by atoms with E-state index in [2.05, 4.69) is 43.1 Å². The van der Waals surface area contributed by atoms with Crippen molar-refractivity contribution < 1.29 is 9.53 Å². The van der Waals surface area contributed by atoms with Gasteiger partial charge in [0.15, 0.2) is 0 Å². The first-order chi connectivity index (χ1) is 16.2. The molecule has 1 aromatic carbocycles. The van der Waals surface area contributed by atoms with Crippen LogP contribution in [0.1, 0.15) is 108 Å². The van der Waals surface area contributed by atoms with E-state index in [1.54, 1.807) is 0 Å². The summed E-state index contributed by atoms with van der Waals surface area (Å²) in [5.41, 5.74) is 1.46. The van der Waals surface area contributed by atoms with Gasteiger partial charge in [-0.1, -0.05) is 89.8 Å². The Balaban J connectivity index is 1.28. The molecule has 1 amide bonds. The predicted molar refractivity (Wildman–Crippen MR) is 139 cm³/mol. The number of benzene rings is 1. The Morgan fingerprint density at radius 1 is 0.909 bits per heavy atom. The molecule has 0 aromatic heterocycles. The minimum Gasteiger partial charge on any atom is -0.492 e. The zero-order valence-electron chi connectivity index (χ0n) is 21.0. The Bertz CT molecular complexity index is 682. The lowest BCUT2D eigenvalue weighted by molar-refractivity contribution is -0.116. The van der Waals surface area contributed by atoms with Gasteiger partial charge in [-0.15, -0.1) is 0 Å². The van der Waals surface area contributed by atoms with Crippen LogP contribution in [0.15, 0.2) is 36.9 Å². The summed E-state index contributed by atoms with van der Waals surface area (Å²) in [5.74, 6) is 4.44. The Morgan fingerprint density at radius 3 is 2.06 bits per heavy atom. The van der Waals surface area contributed by atoms with Gasteiger partial charge < -0.3 is 10.1 Å². The molecule has 0 spiro atoms. The number of hydrogen-bond acceptors (Lipinski definition) is 2. The van der Waals surface area contributed by atoms with E-state index in [9.17, 15) is 4.79 Å². The first kappa shape index (κ1) is 25.8. The Morgan fingerprint density at radius 2 is 1.48 bits per heavy atom. The van der Waals surface area contributed by atoms with Crippen molar-refractivity contribution in [2.45, 2.75) is 103 Å². The van der Waals surface area contributed by atoms with Gasteiger partial charge in [-0.05, 0) is 73.1 Å². The summed E-state index contributed by atoms with van der Waals surface area (Å²) < 4.78 is 5.73. The number of amides is 1. The summed E-state index contributed by atoms with van der Waals surface area (Å²) in [4.78, 5) is 11.2. The molecule has 33 heavy (non-hydrogen) atoms. The lowest BCUT2D eigenvalue weighted by Gasteiger charge is -2.32. The highest BCUT2D eigenvalue weighted by atomic mass is 16.5. The van der Waals surface area contributed by atoms with Crippen molar-refractivity contribution in [3.05, 3.63) is 42.5 Å². The standard InChI is InChI=1S/C30H47NO2/c1-3-5-6-7-24-8-10-25(11-9-24)12-13-26-14-16-27(17-15-26)28-18-20-29(21-19-28)33-23-22-31-30(32)4-2/h4,18-21,24-27H,2-3,5-17,22-23H2,1H3,(H,31,32). The molecule has 1 N–H and O–H groups in total. The number of unbranched alkanes of at least 4 members (excludes halogenated alkanes) is 2. The fourth-order valence-corrected chi connectivity index (χ4v) is 6.00. The molecule has 0 aliphatic heterocycles. The van der Waals surface area contributed by atoms with Crippen LogP contribution in [-0.4, -0.2) is 19.1 Å². The Hall–Kier alpha value is -1.77. The topological polar surface area (TPSA) is 38.3 Å². The average Bonchev–Trinajstić information content (AvgIpc) is 2.87. The zero-order valence-corrected chi connectivity index (χ0v) is 21.0. The molecular weight excluding hydrogens is 406 g/mol. The number of carbonyl (C=O) groups excluding carboxylic acids is 1. The molecule has 0 radical (unpaired) electrons. The average molecular weight is 454 g/mol. The Kier molecular flexibility index (Phi) is 11.3. The SMILES string of the molecule is C=CC(=O)NCCOc1ccc(C2CCC(CCC3CCC(CCCCC)CC3)CC2)cc1. The number of nitrogens with one attached hydrogen (secondary N) is 1. The molecule has 2 aliphatic rings. The molecule has 3 nitrogen and oxygen atoms in total. The number of rotatable bonds is 13. The van der Waals surface area contributed by atoms with Gasteiger partial charge in [0.05, 0.1) is 6.54 Å². The van der Waals surface area contributed by atoms with Crippen molar-refractivity contribution in [1.29, 1.82) is 0 Å². The second-order valence-electron chi connectivity index (χ2n) is 10.6. The second kappa shape index (κ2) is 14.5. The van der Waals surface area contributed by atoms with Gasteiger partial charge in [0.25, 0.3) is 0 Å². The Labute approximate surface area is 202 Å². The number of carbonyl (C=O) groups is 1. The van der Waals surface area contributed by atoms with Gasteiger partial charge in [0.2, 0.25) is 5.91 Å². The van der Waals surface area contributed by atoms with Crippen molar-refractivity contribution in [2.24, 2.45) is 17.8 Å². The van der Waals surface area contributed by atoms with E-state index >= 15 is 0 Å². The van der Waals surface area contributed by atoms with Crippen molar-refractivity contribution >= 4 is 5.91 Å². The van der Waals surface area contributed by atoms with Crippen LogP contribution in [0.3, 0.4) is 0 Å². The van der Waals surface area contributed by atoms with Crippen molar-refractivity contribution in [3.8, 4) is 5.75 Å². The lowest BCUT2D eigenvalue weighted by atomic mass is 9.74. The minimum atomic E-state index is -0.158. The fraction of sp³-hybridized carbons (Fsp3) is 0.700. The highest BCUT2D eigenvalue weighted by Gasteiger charge is 2.25. The van der Waals surface area contributed by atoms with E-state index in [4.69, 9.17) is 4.74 Å². The molecular formula is C30H47NO2. The smallest absolute Gasteiger partial charge is 0.243 e. The third kappa shape index (κ3) is 9.18. The molecule has 2 saturated carbocycles. The summed E-state index contributed by atoms with van der Waals surface area (Å²) >= 11 is 0. The summed E-state index contributed by atoms with van der Waals surface area (Å²) in [7, 11) is 0. The van der Waals surface area contributed by atoms with E-state index in [0.717, 1.165) is 23.5 Å². The van der Waals surface area contributed by atoms with Crippen LogP contribution in [0.25, 0.3) is 0 Å². The highest BCUT2D eigenvalue weighted by molar-refractivity contribution is 5.86. The van der Waals surface area contributed by atoms with Gasteiger partial charge in [-0.25, -0.2) is 0 Å². The van der Waals surface area contributed by atoms with Gasteiger partial charge >= 0.3 is 0 Å². The van der Waals surface area contributed by atoms with E-state index in [-0.39, 0.29) is 5.91 Å². The van der Waals surface area contributed by atoms with E-state index < -0.39 is 0 Å². The number of hydrogen-bond donors (Lipinski definition) is 1. The van der Waals surface area contributed by atoms with Crippen molar-refractivity contribution in [1.82, 2.24) is 5.32 Å². The summed E-state index contributed by atoms with van der Waals surface area (Å²) in [6.45, 7) is 6.73. The van der Waals surface area contributed by atoms with Crippen LogP contribution in [0.5, 0.6) is 5.75 Å². The molecule has 3 rings (SSSR count). The molecule has 1 aromatic rings. The van der Waals surface area contributed by atoms with Gasteiger partial charge in [0, 0.05) is 0 Å². The van der Waals surface area contributed by atoms with Crippen molar-refractivity contribution in [2.75, 3.05) is 13.2 Å². The third-order valence-corrected chi connectivity index (χ3v) is 8.22. The molecule has 0 heterocycles. The molecule has 184 valence electrons. The normalized spacial score (nSPS) is 25.4. The minimum absolute atomic E-state index is 0.158. The van der Waals surface area contributed by atoms with Crippen LogP contribution in [-0.2, 0) is 4.79 Å². The maximum absolute atomic E-state index is 11.2. The summed E-state index contributed by atoms with van der Waals surface area (Å²) in [6.07, 6.45) is 21.5. The monoisotopic (exact) mass is 453 g/mol. The molecule has 2 aliphatic carbocycles. The molecule has 2 fully saturated rings. The number of ether oxygens (including phenoxy) is 1. The first-order valence-electron chi connectivity index (χ1n) is 13.8. The lowest BCUT2D eigenvalue weighted by Crippen LogP contribution is -2.26. The highest BCUT2D eigenvalue weighted by Crippen LogP contribution is 2.40. The quantitative estimate of drug-likeness (QED) is 0.244. The first-order valence-corrected chi connectivity index (χ1v) is 13.8. The molecule has 0 unspecified atom stereocenters. The summed E-state index contributed by atoms with van der Waals surface area (Å²) in [6, 6.07) is 8.63. The van der Waals surface area contributed by atoms with E-state index in [0.29, 0.717) is 19.1 Å².